The highest BCUT2D eigenvalue weighted by Crippen LogP contribution is 2.32. The quantitative estimate of drug-likeness (QED) is 0.391. The molecule has 0 fully saturated rings. The predicted octanol–water partition coefficient (Wildman–Crippen LogP) is 2.50. The van der Waals surface area contributed by atoms with Crippen LogP contribution in [0.25, 0.3) is 0 Å². The van der Waals surface area contributed by atoms with Crippen LogP contribution < -0.4 is 26.2 Å². The van der Waals surface area contributed by atoms with Gasteiger partial charge in [0.05, 0.1) is 6.61 Å². The maximum atomic E-state index is 11.5. The van der Waals surface area contributed by atoms with Gasteiger partial charge in [-0.05, 0) is 31.2 Å². The molecule has 3 rings (SSSR count). The summed E-state index contributed by atoms with van der Waals surface area (Å²) < 4.78 is 5.42. The number of nitrogens with zero attached hydrogens (tertiary/aromatic N) is 5. The van der Waals surface area contributed by atoms with Gasteiger partial charge in [-0.1, -0.05) is 36.4 Å². The Labute approximate surface area is 156 Å². The van der Waals surface area contributed by atoms with Gasteiger partial charge in [0.15, 0.2) is 0 Å². The Kier molecular flexibility index (Phi) is 5.43. The number of rotatable bonds is 6. The second kappa shape index (κ2) is 8.11. The third-order valence-corrected chi connectivity index (χ3v) is 3.55. The van der Waals surface area contributed by atoms with Crippen molar-refractivity contribution in [2.75, 3.05) is 16.5 Å². The van der Waals surface area contributed by atoms with Gasteiger partial charge >= 0.3 is 12.0 Å². The van der Waals surface area contributed by atoms with Gasteiger partial charge in [0, 0.05) is 11.4 Å². The van der Waals surface area contributed by atoms with Crippen LogP contribution in [-0.2, 0) is 0 Å². The topological polar surface area (TPSA) is 123 Å². The second-order valence-electron chi connectivity index (χ2n) is 5.37. The van der Waals surface area contributed by atoms with Crippen molar-refractivity contribution in [3.05, 3.63) is 60.7 Å². The maximum absolute atomic E-state index is 11.5. The molecule has 0 radical (unpaired) electrons. The summed E-state index contributed by atoms with van der Waals surface area (Å²) in [6.07, 6.45) is 0. The molecule has 0 unspecified atom stereocenters. The number of anilines is 4. The summed E-state index contributed by atoms with van der Waals surface area (Å²) in [4.78, 5) is 26.0. The van der Waals surface area contributed by atoms with Gasteiger partial charge in [0.2, 0.25) is 5.95 Å². The lowest BCUT2D eigenvalue weighted by Crippen LogP contribution is -2.43. The summed E-state index contributed by atoms with van der Waals surface area (Å²) >= 11 is 0. The van der Waals surface area contributed by atoms with E-state index in [9.17, 15) is 4.79 Å². The van der Waals surface area contributed by atoms with E-state index in [1.165, 1.54) is 0 Å². The highest BCUT2D eigenvalue weighted by atomic mass is 16.5. The molecule has 2 amide bonds. The molecule has 1 heterocycles. The molecule has 0 aliphatic rings. The molecule has 0 spiro atoms. The average molecular weight is 365 g/mol. The van der Waals surface area contributed by atoms with Crippen LogP contribution in [0.5, 0.6) is 6.01 Å². The summed E-state index contributed by atoms with van der Waals surface area (Å²) in [5, 5.41) is 0.641. The van der Waals surface area contributed by atoms with Gasteiger partial charge in [-0.2, -0.15) is 20.0 Å². The van der Waals surface area contributed by atoms with Gasteiger partial charge < -0.3 is 10.5 Å². The number of amides is 2. The predicted molar refractivity (Wildman–Crippen MR) is 102 cm³/mol. The Hall–Kier alpha value is -3.72. The van der Waals surface area contributed by atoms with Crippen LogP contribution in [0.15, 0.2) is 60.7 Å². The van der Waals surface area contributed by atoms with Crippen LogP contribution >= 0.6 is 0 Å². The zero-order valence-electron chi connectivity index (χ0n) is 14.7. The number of aromatic nitrogens is 3. The molecule has 27 heavy (non-hydrogen) atoms. The van der Waals surface area contributed by atoms with Gasteiger partial charge in [0.1, 0.15) is 0 Å². The molecule has 0 atom stereocenters. The molecular weight excluding hydrogens is 346 g/mol. The van der Waals surface area contributed by atoms with Gasteiger partial charge in [-0.3, -0.25) is 4.90 Å². The highest BCUT2D eigenvalue weighted by molar-refractivity contribution is 5.87. The van der Waals surface area contributed by atoms with Crippen LogP contribution in [0, 0.1) is 0 Å². The lowest BCUT2D eigenvalue weighted by atomic mass is 10.2. The van der Waals surface area contributed by atoms with E-state index in [0.717, 1.165) is 11.4 Å². The number of ether oxygens (including phenoxy) is 1. The van der Waals surface area contributed by atoms with E-state index in [1.807, 2.05) is 60.7 Å². The molecular formula is C18H19N7O2. The van der Waals surface area contributed by atoms with E-state index in [2.05, 4.69) is 15.0 Å². The first-order valence-electron chi connectivity index (χ1n) is 8.23. The third kappa shape index (κ3) is 4.10. The van der Waals surface area contributed by atoms with Crippen molar-refractivity contribution < 1.29 is 9.53 Å². The average Bonchev–Trinajstić information content (AvgIpc) is 2.69. The van der Waals surface area contributed by atoms with Crippen molar-refractivity contribution in [1.82, 2.24) is 15.0 Å². The van der Waals surface area contributed by atoms with E-state index in [1.54, 1.807) is 11.8 Å². The maximum Gasteiger partial charge on any atom is 0.336 e. The molecule has 4 N–H and O–H groups in total. The second-order valence-corrected chi connectivity index (χ2v) is 5.37. The molecule has 1 aromatic heterocycles. The van der Waals surface area contributed by atoms with E-state index in [0.29, 0.717) is 11.6 Å². The first-order valence-corrected chi connectivity index (χ1v) is 8.23. The smallest absolute Gasteiger partial charge is 0.336 e. The number of hydrogen-bond donors (Lipinski definition) is 2. The SMILES string of the molecule is CCOc1nc(N(N)C(N)=O)nc(N(c2ccccc2)c2ccccc2)n1. The number of hydrazine groups is 1. The van der Waals surface area contributed by atoms with Crippen LogP contribution in [0.1, 0.15) is 6.92 Å². The molecule has 138 valence electrons. The summed E-state index contributed by atoms with van der Waals surface area (Å²) in [6, 6.07) is 18.2. The minimum absolute atomic E-state index is 0.0334. The van der Waals surface area contributed by atoms with Crippen molar-refractivity contribution in [2.45, 2.75) is 6.92 Å². The number of carbonyl (C=O) groups excluding carboxylic acids is 1. The van der Waals surface area contributed by atoms with Crippen LogP contribution in [0.3, 0.4) is 0 Å². The summed E-state index contributed by atoms with van der Waals surface area (Å²) in [5.41, 5.74) is 6.87. The monoisotopic (exact) mass is 365 g/mol. The number of benzene rings is 2. The van der Waals surface area contributed by atoms with E-state index >= 15 is 0 Å². The van der Waals surface area contributed by atoms with Crippen LogP contribution in [0.4, 0.5) is 28.1 Å². The molecule has 0 saturated heterocycles. The lowest BCUT2D eigenvalue weighted by Gasteiger charge is -2.24. The molecule has 0 bridgehead atoms. The lowest BCUT2D eigenvalue weighted by molar-refractivity contribution is 0.253. The fourth-order valence-corrected chi connectivity index (χ4v) is 2.37. The number of carbonyl (C=O) groups is 1. The first-order chi connectivity index (χ1) is 13.1. The Bertz CT molecular complexity index is 867. The Balaban J connectivity index is 2.17. The zero-order valence-corrected chi connectivity index (χ0v) is 14.7. The molecule has 0 aliphatic heterocycles. The van der Waals surface area contributed by atoms with Crippen molar-refractivity contribution in [1.29, 1.82) is 0 Å². The zero-order chi connectivity index (χ0) is 19.2. The van der Waals surface area contributed by atoms with Gasteiger partial charge in [-0.25, -0.2) is 10.6 Å². The fourth-order valence-electron chi connectivity index (χ4n) is 2.37. The number of urea groups is 1. The molecule has 3 aromatic rings. The largest absolute Gasteiger partial charge is 0.464 e. The highest BCUT2D eigenvalue weighted by Gasteiger charge is 2.21. The number of nitrogens with two attached hydrogens (primary N) is 2. The summed E-state index contributed by atoms with van der Waals surface area (Å²) in [6.45, 7) is 2.13. The summed E-state index contributed by atoms with van der Waals surface area (Å²) in [5.74, 6) is 5.80. The Morgan fingerprint density at radius 3 is 1.93 bits per heavy atom. The molecule has 0 saturated carbocycles. The van der Waals surface area contributed by atoms with Gasteiger partial charge in [0.25, 0.3) is 5.95 Å². The van der Waals surface area contributed by atoms with Crippen LogP contribution in [0.2, 0.25) is 0 Å². The molecule has 9 heteroatoms. The minimum Gasteiger partial charge on any atom is -0.464 e. The fraction of sp³-hybridized carbons (Fsp3) is 0.111. The van der Waals surface area contributed by atoms with Crippen molar-refractivity contribution in [3.8, 4) is 6.01 Å². The van der Waals surface area contributed by atoms with Crippen molar-refractivity contribution >= 4 is 29.3 Å². The number of primary amides is 1. The standard InChI is InChI=1S/C18H19N7O2/c1-2-27-18-22-16(21-17(23-18)25(20)15(19)26)24(13-9-5-3-6-10-13)14-11-7-4-8-12-14/h3-12H,2,20H2,1H3,(H2,19,26). The number of hydrogen-bond acceptors (Lipinski definition) is 7. The first kappa shape index (κ1) is 18.1. The van der Waals surface area contributed by atoms with Crippen molar-refractivity contribution in [3.63, 3.8) is 0 Å². The molecule has 9 nitrogen and oxygen atoms in total. The summed E-state index contributed by atoms with van der Waals surface area (Å²) in [7, 11) is 0. The Morgan fingerprint density at radius 2 is 1.44 bits per heavy atom. The van der Waals surface area contributed by atoms with E-state index in [-0.39, 0.29) is 17.9 Å². The minimum atomic E-state index is -0.902. The Morgan fingerprint density at radius 1 is 0.926 bits per heavy atom. The third-order valence-electron chi connectivity index (χ3n) is 3.55. The molecule has 0 aliphatic carbocycles. The van der Waals surface area contributed by atoms with Crippen molar-refractivity contribution in [2.24, 2.45) is 11.6 Å². The molecule has 2 aromatic carbocycles. The van der Waals surface area contributed by atoms with Gasteiger partial charge in [-0.15, -0.1) is 0 Å². The van der Waals surface area contributed by atoms with E-state index in [4.69, 9.17) is 16.3 Å². The normalized spacial score (nSPS) is 10.3. The van der Waals surface area contributed by atoms with Crippen LogP contribution in [-0.4, -0.2) is 27.6 Å². The number of para-hydroxylation sites is 2. The van der Waals surface area contributed by atoms with E-state index < -0.39 is 6.03 Å².